The van der Waals surface area contributed by atoms with E-state index in [0.717, 1.165) is 26.5 Å². The molecular formula is C20H13BrN2OS. The zero-order chi connectivity index (χ0) is 17.2. The molecule has 0 radical (unpaired) electrons. The number of fused-ring (bicyclic) bond motifs is 1. The summed E-state index contributed by atoms with van der Waals surface area (Å²) < 4.78 is 0.892. The van der Waals surface area contributed by atoms with Gasteiger partial charge in [-0.15, -0.1) is 0 Å². The fraction of sp³-hybridized carbons (Fsp3) is 0. The largest absolute Gasteiger partial charge is 0.300 e. The molecule has 0 spiro atoms. The number of nitrogens with one attached hydrogen (secondary N) is 1. The summed E-state index contributed by atoms with van der Waals surface area (Å²) >= 11 is 4.83. The van der Waals surface area contributed by atoms with Crippen molar-refractivity contribution < 1.29 is 4.79 Å². The van der Waals surface area contributed by atoms with Gasteiger partial charge in [-0.1, -0.05) is 54.6 Å². The van der Waals surface area contributed by atoms with Crippen LogP contribution < -0.4 is 5.32 Å². The van der Waals surface area contributed by atoms with Gasteiger partial charge in [0.25, 0.3) is 5.91 Å². The SMILES string of the molecule is O=C1NC(=Nc2ccccc2Br)S/C1=C/c1cccc2ccccc12. The van der Waals surface area contributed by atoms with Crippen LogP contribution in [0.4, 0.5) is 5.69 Å². The second-order valence-electron chi connectivity index (χ2n) is 5.50. The first-order chi connectivity index (χ1) is 12.2. The van der Waals surface area contributed by atoms with Crippen LogP contribution in [0.25, 0.3) is 16.8 Å². The first-order valence-corrected chi connectivity index (χ1v) is 9.33. The summed E-state index contributed by atoms with van der Waals surface area (Å²) in [5.41, 5.74) is 1.81. The van der Waals surface area contributed by atoms with E-state index >= 15 is 0 Å². The molecule has 1 fully saturated rings. The van der Waals surface area contributed by atoms with Crippen LogP contribution in [-0.4, -0.2) is 11.1 Å². The van der Waals surface area contributed by atoms with E-state index < -0.39 is 0 Å². The van der Waals surface area contributed by atoms with Crippen molar-refractivity contribution in [3.05, 3.63) is 81.7 Å². The van der Waals surface area contributed by atoms with Crippen LogP contribution in [0.3, 0.4) is 0 Å². The molecule has 1 aliphatic heterocycles. The average Bonchev–Trinajstić information content (AvgIpc) is 2.97. The Labute approximate surface area is 158 Å². The monoisotopic (exact) mass is 408 g/mol. The van der Waals surface area contributed by atoms with Crippen LogP contribution in [0, 0.1) is 0 Å². The standard InChI is InChI=1S/C20H13BrN2OS/c21-16-10-3-4-11-17(16)22-20-23-19(24)18(25-20)12-14-8-5-7-13-6-1-2-9-15(13)14/h1-12H,(H,22,23,24)/b18-12+. The van der Waals surface area contributed by atoms with Gasteiger partial charge in [0.2, 0.25) is 0 Å². The van der Waals surface area contributed by atoms with Crippen molar-refractivity contribution in [2.24, 2.45) is 4.99 Å². The van der Waals surface area contributed by atoms with Gasteiger partial charge in [0.05, 0.1) is 10.6 Å². The molecule has 1 saturated heterocycles. The van der Waals surface area contributed by atoms with Crippen LogP contribution in [0.1, 0.15) is 5.56 Å². The highest BCUT2D eigenvalue weighted by molar-refractivity contribution is 9.10. The first-order valence-electron chi connectivity index (χ1n) is 7.72. The van der Waals surface area contributed by atoms with Crippen molar-refractivity contribution in [3.8, 4) is 0 Å². The van der Waals surface area contributed by atoms with E-state index in [0.29, 0.717) is 10.1 Å². The smallest absolute Gasteiger partial charge is 0.264 e. The Morgan fingerprint density at radius 1 is 0.960 bits per heavy atom. The number of amides is 1. The lowest BCUT2D eigenvalue weighted by Gasteiger charge is -2.02. The Hall–Kier alpha value is -2.37. The highest BCUT2D eigenvalue weighted by Gasteiger charge is 2.24. The zero-order valence-electron chi connectivity index (χ0n) is 13.1. The van der Waals surface area contributed by atoms with Gasteiger partial charge in [0, 0.05) is 4.47 Å². The third kappa shape index (κ3) is 3.38. The van der Waals surface area contributed by atoms with Crippen LogP contribution in [0.2, 0.25) is 0 Å². The number of amidine groups is 1. The minimum absolute atomic E-state index is 0.122. The molecule has 0 aliphatic carbocycles. The van der Waals surface area contributed by atoms with E-state index in [1.165, 1.54) is 11.8 Å². The number of benzene rings is 3. The molecule has 3 nitrogen and oxygen atoms in total. The summed E-state index contributed by atoms with van der Waals surface area (Å²) in [7, 11) is 0. The molecule has 0 bridgehead atoms. The maximum Gasteiger partial charge on any atom is 0.264 e. The van der Waals surface area contributed by atoms with E-state index in [4.69, 9.17) is 0 Å². The van der Waals surface area contributed by atoms with Crippen LogP contribution >= 0.6 is 27.7 Å². The van der Waals surface area contributed by atoms with E-state index in [1.807, 2.05) is 54.6 Å². The second kappa shape index (κ2) is 6.86. The van der Waals surface area contributed by atoms with Crippen LogP contribution in [0.5, 0.6) is 0 Å². The van der Waals surface area contributed by atoms with Crippen molar-refractivity contribution in [2.45, 2.75) is 0 Å². The number of rotatable bonds is 2. The molecule has 0 atom stereocenters. The van der Waals surface area contributed by atoms with E-state index in [9.17, 15) is 4.79 Å². The number of hydrogen-bond donors (Lipinski definition) is 1. The number of carbonyl (C=O) groups excluding carboxylic acids is 1. The van der Waals surface area contributed by atoms with Crippen molar-refractivity contribution in [2.75, 3.05) is 0 Å². The molecular weight excluding hydrogens is 396 g/mol. The maximum atomic E-state index is 12.3. The zero-order valence-corrected chi connectivity index (χ0v) is 15.5. The molecule has 1 amide bonds. The topological polar surface area (TPSA) is 41.5 Å². The molecule has 1 aliphatic rings. The van der Waals surface area contributed by atoms with Crippen molar-refractivity contribution in [1.29, 1.82) is 0 Å². The summed E-state index contributed by atoms with van der Waals surface area (Å²) in [6.45, 7) is 0. The Kier molecular flexibility index (Phi) is 4.42. The molecule has 25 heavy (non-hydrogen) atoms. The lowest BCUT2D eigenvalue weighted by Crippen LogP contribution is -2.19. The van der Waals surface area contributed by atoms with Crippen LogP contribution in [-0.2, 0) is 4.79 Å². The number of halogens is 1. The molecule has 1 heterocycles. The predicted molar refractivity (Wildman–Crippen MR) is 109 cm³/mol. The van der Waals surface area contributed by atoms with Crippen LogP contribution in [0.15, 0.2) is 81.1 Å². The molecule has 122 valence electrons. The number of nitrogens with zero attached hydrogens (tertiary/aromatic N) is 1. The van der Waals surface area contributed by atoms with E-state index in [-0.39, 0.29) is 5.91 Å². The summed E-state index contributed by atoms with van der Waals surface area (Å²) in [6, 6.07) is 21.9. The summed E-state index contributed by atoms with van der Waals surface area (Å²) in [6.07, 6.45) is 1.92. The number of thioether (sulfide) groups is 1. The quantitative estimate of drug-likeness (QED) is 0.569. The summed E-state index contributed by atoms with van der Waals surface area (Å²) in [5, 5.41) is 5.70. The maximum absolute atomic E-state index is 12.3. The molecule has 3 aromatic rings. The number of aliphatic imine (C=N–C) groups is 1. The van der Waals surface area contributed by atoms with Gasteiger partial charge >= 0.3 is 0 Å². The highest BCUT2D eigenvalue weighted by Crippen LogP contribution is 2.32. The van der Waals surface area contributed by atoms with Crippen molar-refractivity contribution in [3.63, 3.8) is 0 Å². The molecule has 1 N–H and O–H groups in total. The normalized spacial score (nSPS) is 17.4. The average molecular weight is 409 g/mol. The minimum atomic E-state index is -0.122. The third-order valence-corrected chi connectivity index (χ3v) is 5.42. The molecule has 0 aromatic heterocycles. The van der Waals surface area contributed by atoms with Gasteiger partial charge in [-0.05, 0) is 62.2 Å². The van der Waals surface area contributed by atoms with Crippen molar-refractivity contribution >= 4 is 61.3 Å². The van der Waals surface area contributed by atoms with Gasteiger partial charge in [0.15, 0.2) is 5.17 Å². The lowest BCUT2D eigenvalue weighted by atomic mass is 10.0. The Morgan fingerprint density at radius 3 is 2.60 bits per heavy atom. The summed E-state index contributed by atoms with van der Waals surface area (Å²) in [5.74, 6) is -0.122. The minimum Gasteiger partial charge on any atom is -0.300 e. The third-order valence-electron chi connectivity index (χ3n) is 3.84. The Bertz CT molecular complexity index is 1040. The van der Waals surface area contributed by atoms with E-state index in [2.05, 4.69) is 44.4 Å². The molecule has 0 saturated carbocycles. The number of para-hydroxylation sites is 1. The van der Waals surface area contributed by atoms with E-state index in [1.54, 1.807) is 0 Å². The Balaban J connectivity index is 1.69. The lowest BCUT2D eigenvalue weighted by molar-refractivity contribution is -0.115. The second-order valence-corrected chi connectivity index (χ2v) is 7.39. The van der Waals surface area contributed by atoms with Gasteiger partial charge < -0.3 is 5.32 Å². The molecule has 4 rings (SSSR count). The number of hydrogen-bond acceptors (Lipinski definition) is 3. The highest BCUT2D eigenvalue weighted by atomic mass is 79.9. The fourth-order valence-corrected chi connectivity index (χ4v) is 3.85. The fourth-order valence-electron chi connectivity index (χ4n) is 2.65. The van der Waals surface area contributed by atoms with Gasteiger partial charge in [-0.2, -0.15) is 0 Å². The number of carbonyl (C=O) groups is 1. The van der Waals surface area contributed by atoms with Gasteiger partial charge in [-0.25, -0.2) is 4.99 Å². The van der Waals surface area contributed by atoms with Gasteiger partial charge in [0.1, 0.15) is 0 Å². The Morgan fingerprint density at radius 2 is 1.72 bits per heavy atom. The first kappa shape index (κ1) is 16.1. The molecule has 5 heteroatoms. The molecule has 3 aromatic carbocycles. The van der Waals surface area contributed by atoms with Gasteiger partial charge in [-0.3, -0.25) is 4.79 Å². The molecule has 0 unspecified atom stereocenters. The summed E-state index contributed by atoms with van der Waals surface area (Å²) in [4.78, 5) is 17.5. The predicted octanol–water partition coefficient (Wildman–Crippen LogP) is 5.49. The van der Waals surface area contributed by atoms with Crippen molar-refractivity contribution in [1.82, 2.24) is 5.32 Å².